The smallest absolute Gasteiger partial charge is 0.131 e. The Morgan fingerprint density at radius 1 is 1.40 bits per heavy atom. The lowest BCUT2D eigenvalue weighted by atomic mass is 10.2. The number of aryl methyl sites for hydroxylation is 2. The number of anilines is 1. The highest BCUT2D eigenvalue weighted by molar-refractivity contribution is 5.51. The average Bonchev–Trinajstić information content (AvgIpc) is 2.95. The zero-order valence-corrected chi connectivity index (χ0v) is 13.6. The topological polar surface area (TPSA) is 36.3 Å². The summed E-state index contributed by atoms with van der Waals surface area (Å²) in [6.07, 6.45) is 2.40. The van der Waals surface area contributed by atoms with Crippen LogP contribution in [0.5, 0.6) is 0 Å². The molecule has 0 saturated carbocycles. The summed E-state index contributed by atoms with van der Waals surface area (Å²) in [6.45, 7) is 8.54. The minimum absolute atomic E-state index is 0.654. The van der Waals surface area contributed by atoms with E-state index in [2.05, 4.69) is 59.9 Å². The highest BCUT2D eigenvalue weighted by Crippen LogP contribution is 2.27. The van der Waals surface area contributed by atoms with E-state index in [0.29, 0.717) is 6.04 Å². The van der Waals surface area contributed by atoms with E-state index in [4.69, 9.17) is 0 Å². The second kappa shape index (κ2) is 6.59. The Hall–Kier alpha value is -1.07. The fraction of sp³-hybridized carbons (Fsp3) is 0.800. The van der Waals surface area contributed by atoms with Crippen LogP contribution in [0.4, 0.5) is 5.82 Å². The number of hydrogen-bond donors (Lipinski definition) is 1. The lowest BCUT2D eigenvalue weighted by molar-refractivity contribution is 0.315. The molecule has 1 atom stereocenters. The van der Waals surface area contributed by atoms with Gasteiger partial charge in [-0.25, -0.2) is 0 Å². The highest BCUT2D eigenvalue weighted by Gasteiger charge is 2.28. The van der Waals surface area contributed by atoms with E-state index >= 15 is 0 Å². The van der Waals surface area contributed by atoms with Crippen LogP contribution in [0, 0.1) is 6.92 Å². The predicted octanol–water partition coefficient (Wildman–Crippen LogP) is 1.37. The molecule has 1 unspecified atom stereocenters. The van der Waals surface area contributed by atoms with Crippen molar-refractivity contribution in [2.24, 2.45) is 7.05 Å². The molecule has 0 aromatic carbocycles. The number of nitrogens with one attached hydrogen (secondary N) is 1. The molecule has 0 aliphatic carbocycles. The molecule has 1 aliphatic rings. The summed E-state index contributed by atoms with van der Waals surface area (Å²) in [7, 11) is 6.41. The first-order valence-corrected chi connectivity index (χ1v) is 7.69. The summed E-state index contributed by atoms with van der Waals surface area (Å²) in [6, 6.07) is 0.654. The third-order valence-electron chi connectivity index (χ3n) is 4.23. The van der Waals surface area contributed by atoms with Gasteiger partial charge in [-0.15, -0.1) is 0 Å². The molecule has 5 nitrogen and oxygen atoms in total. The lowest BCUT2D eigenvalue weighted by Crippen LogP contribution is -2.32. The molecule has 20 heavy (non-hydrogen) atoms. The lowest BCUT2D eigenvalue weighted by Gasteiger charge is -2.23. The van der Waals surface area contributed by atoms with Crippen molar-refractivity contribution in [3.63, 3.8) is 0 Å². The van der Waals surface area contributed by atoms with Gasteiger partial charge in [-0.3, -0.25) is 4.68 Å². The van der Waals surface area contributed by atoms with Gasteiger partial charge in [0.25, 0.3) is 0 Å². The van der Waals surface area contributed by atoms with Gasteiger partial charge in [0.1, 0.15) is 5.82 Å². The molecular weight excluding hydrogens is 250 g/mol. The van der Waals surface area contributed by atoms with Gasteiger partial charge < -0.3 is 15.1 Å². The van der Waals surface area contributed by atoms with E-state index in [0.717, 1.165) is 31.9 Å². The summed E-state index contributed by atoms with van der Waals surface area (Å²) in [5.74, 6) is 1.30. The quantitative estimate of drug-likeness (QED) is 0.798. The number of aromatic nitrogens is 2. The molecule has 0 amide bonds. The van der Waals surface area contributed by atoms with Crippen molar-refractivity contribution in [3.8, 4) is 0 Å². The summed E-state index contributed by atoms with van der Waals surface area (Å²) < 4.78 is 2.05. The molecule has 1 saturated heterocycles. The summed E-state index contributed by atoms with van der Waals surface area (Å²) in [4.78, 5) is 4.83. The molecule has 2 heterocycles. The van der Waals surface area contributed by atoms with Gasteiger partial charge in [-0.05, 0) is 40.4 Å². The van der Waals surface area contributed by atoms with Crippen molar-refractivity contribution in [2.45, 2.75) is 39.3 Å². The van der Waals surface area contributed by atoms with Crippen molar-refractivity contribution in [3.05, 3.63) is 11.3 Å². The molecule has 1 aliphatic heterocycles. The molecule has 2 rings (SSSR count). The van der Waals surface area contributed by atoms with E-state index in [1.807, 2.05) is 0 Å². The Morgan fingerprint density at radius 3 is 2.75 bits per heavy atom. The molecule has 1 aromatic rings. The number of nitrogens with zero attached hydrogens (tertiary/aromatic N) is 4. The Kier molecular flexibility index (Phi) is 5.05. The van der Waals surface area contributed by atoms with E-state index in [-0.39, 0.29) is 0 Å². The fourth-order valence-corrected chi connectivity index (χ4v) is 3.04. The maximum Gasteiger partial charge on any atom is 0.131 e. The number of hydrogen-bond acceptors (Lipinski definition) is 4. The maximum atomic E-state index is 4.63. The van der Waals surface area contributed by atoms with Crippen LogP contribution in [0.25, 0.3) is 0 Å². The van der Waals surface area contributed by atoms with Crippen LogP contribution in [0.3, 0.4) is 0 Å². The first kappa shape index (κ1) is 15.3. The second-order valence-corrected chi connectivity index (χ2v) is 6.04. The SMILES string of the molecule is CCCNCc1c(C)nn(C)c1N1CCC(N(C)C)C1. The van der Waals surface area contributed by atoms with E-state index in [1.165, 1.54) is 24.2 Å². The minimum atomic E-state index is 0.654. The fourth-order valence-electron chi connectivity index (χ4n) is 3.04. The first-order valence-electron chi connectivity index (χ1n) is 7.69. The normalized spacial score (nSPS) is 19.3. The second-order valence-electron chi connectivity index (χ2n) is 6.04. The van der Waals surface area contributed by atoms with Gasteiger partial charge in [-0.1, -0.05) is 6.92 Å². The van der Waals surface area contributed by atoms with Crippen molar-refractivity contribution in [2.75, 3.05) is 38.6 Å². The Labute approximate surface area is 122 Å². The molecular formula is C15H29N5. The van der Waals surface area contributed by atoms with Crippen LogP contribution >= 0.6 is 0 Å². The monoisotopic (exact) mass is 279 g/mol. The van der Waals surface area contributed by atoms with Crippen LogP contribution in [0.1, 0.15) is 31.0 Å². The van der Waals surface area contributed by atoms with Gasteiger partial charge >= 0.3 is 0 Å². The van der Waals surface area contributed by atoms with Crippen molar-refractivity contribution < 1.29 is 0 Å². The standard InChI is InChI=1S/C15H29N5/c1-6-8-16-10-14-12(2)17-19(5)15(14)20-9-7-13(11-20)18(3)4/h13,16H,6-11H2,1-5H3. The molecule has 0 radical (unpaired) electrons. The summed E-state index contributed by atoms with van der Waals surface area (Å²) >= 11 is 0. The molecule has 1 N–H and O–H groups in total. The van der Waals surface area contributed by atoms with Gasteiger partial charge in [-0.2, -0.15) is 5.10 Å². The molecule has 5 heteroatoms. The zero-order valence-electron chi connectivity index (χ0n) is 13.6. The summed E-state index contributed by atoms with van der Waals surface area (Å²) in [5, 5.41) is 8.14. The van der Waals surface area contributed by atoms with Gasteiger partial charge in [0.05, 0.1) is 5.69 Å². The van der Waals surface area contributed by atoms with Gasteiger partial charge in [0, 0.05) is 38.3 Å². The van der Waals surface area contributed by atoms with Crippen LogP contribution in [0.15, 0.2) is 0 Å². The summed E-state index contributed by atoms with van der Waals surface area (Å²) in [5.41, 5.74) is 2.51. The zero-order chi connectivity index (χ0) is 14.7. The van der Waals surface area contributed by atoms with E-state index < -0.39 is 0 Å². The molecule has 1 aromatic heterocycles. The van der Waals surface area contributed by atoms with Crippen LogP contribution in [-0.4, -0.2) is 54.5 Å². The minimum Gasteiger partial charge on any atom is -0.355 e. The maximum absolute atomic E-state index is 4.63. The van der Waals surface area contributed by atoms with Gasteiger partial charge in [0.15, 0.2) is 0 Å². The molecule has 0 bridgehead atoms. The highest BCUT2D eigenvalue weighted by atomic mass is 15.4. The third kappa shape index (κ3) is 3.15. The predicted molar refractivity (Wildman–Crippen MR) is 84.2 cm³/mol. The van der Waals surface area contributed by atoms with Crippen LogP contribution in [0.2, 0.25) is 0 Å². The number of likely N-dealkylation sites (N-methyl/N-ethyl adjacent to an activating group) is 1. The van der Waals surface area contributed by atoms with E-state index in [1.54, 1.807) is 0 Å². The number of rotatable bonds is 6. The molecule has 1 fully saturated rings. The Morgan fingerprint density at radius 2 is 2.15 bits per heavy atom. The van der Waals surface area contributed by atoms with Crippen molar-refractivity contribution in [1.82, 2.24) is 20.0 Å². The molecule has 0 spiro atoms. The van der Waals surface area contributed by atoms with Crippen molar-refractivity contribution in [1.29, 1.82) is 0 Å². The van der Waals surface area contributed by atoms with Crippen LogP contribution in [-0.2, 0) is 13.6 Å². The Bertz CT molecular complexity index is 438. The Balaban J connectivity index is 2.14. The molecule has 114 valence electrons. The first-order chi connectivity index (χ1) is 9.54. The average molecular weight is 279 g/mol. The largest absolute Gasteiger partial charge is 0.355 e. The van der Waals surface area contributed by atoms with Gasteiger partial charge in [0.2, 0.25) is 0 Å². The third-order valence-corrected chi connectivity index (χ3v) is 4.23. The van der Waals surface area contributed by atoms with E-state index in [9.17, 15) is 0 Å². The van der Waals surface area contributed by atoms with Crippen LogP contribution < -0.4 is 10.2 Å². The van der Waals surface area contributed by atoms with Crippen molar-refractivity contribution >= 4 is 5.82 Å².